The number of nitrogens with zero attached hydrogens (tertiary/aromatic N) is 2. The molecular formula is C20H17F3N4O4S. The first kappa shape index (κ1) is 21.8. The second-order valence-corrected chi connectivity index (χ2v) is 8.33. The maximum absolute atomic E-state index is 13.8. The Bertz CT molecular complexity index is 1100. The predicted octanol–water partition coefficient (Wildman–Crippen LogP) is 2.82. The van der Waals surface area contributed by atoms with E-state index in [-0.39, 0.29) is 11.4 Å². The molecule has 32 heavy (non-hydrogen) atoms. The highest BCUT2D eigenvalue weighted by Gasteiger charge is 2.52. The number of carbonyl (C=O) groups excluding carboxylic acids is 4. The summed E-state index contributed by atoms with van der Waals surface area (Å²) in [4.78, 5) is 51.7. The van der Waals surface area contributed by atoms with Crippen LogP contribution in [0.2, 0.25) is 0 Å². The van der Waals surface area contributed by atoms with E-state index in [4.69, 9.17) is 0 Å². The van der Waals surface area contributed by atoms with Crippen LogP contribution >= 0.6 is 11.3 Å². The van der Waals surface area contributed by atoms with Crippen LogP contribution in [0.4, 0.5) is 29.3 Å². The summed E-state index contributed by atoms with van der Waals surface area (Å²) in [5.74, 6) is -2.81. The van der Waals surface area contributed by atoms with Crippen LogP contribution in [0.1, 0.15) is 18.9 Å². The van der Waals surface area contributed by atoms with Gasteiger partial charge in [0.25, 0.3) is 5.91 Å². The Morgan fingerprint density at radius 1 is 1.22 bits per heavy atom. The quantitative estimate of drug-likeness (QED) is 0.680. The molecule has 3 heterocycles. The van der Waals surface area contributed by atoms with E-state index in [0.717, 1.165) is 0 Å². The van der Waals surface area contributed by atoms with Gasteiger partial charge in [0.1, 0.15) is 18.1 Å². The van der Waals surface area contributed by atoms with Crippen LogP contribution in [0, 0.1) is 0 Å². The fourth-order valence-electron chi connectivity index (χ4n) is 3.79. The Morgan fingerprint density at radius 3 is 2.59 bits per heavy atom. The zero-order chi connectivity index (χ0) is 23.3. The highest BCUT2D eigenvalue weighted by molar-refractivity contribution is 7.08. The van der Waals surface area contributed by atoms with Crippen molar-refractivity contribution in [2.45, 2.75) is 31.1 Å². The Balaban J connectivity index is 1.69. The Hall–Kier alpha value is -3.41. The third-order valence-electron chi connectivity index (χ3n) is 5.44. The molecule has 1 aromatic heterocycles. The summed E-state index contributed by atoms with van der Waals surface area (Å²) in [6, 6.07) is 3.84. The van der Waals surface area contributed by atoms with Gasteiger partial charge in [-0.05, 0) is 41.4 Å². The van der Waals surface area contributed by atoms with Crippen molar-refractivity contribution in [3.8, 4) is 0 Å². The van der Waals surface area contributed by atoms with E-state index in [9.17, 15) is 32.3 Å². The molecule has 1 saturated heterocycles. The lowest BCUT2D eigenvalue weighted by molar-refractivity contribution is -0.158. The topological polar surface area (TPSA) is 98.8 Å². The average Bonchev–Trinajstić information content (AvgIpc) is 3.28. The van der Waals surface area contributed by atoms with Gasteiger partial charge in [-0.1, -0.05) is 12.1 Å². The zero-order valence-electron chi connectivity index (χ0n) is 16.6. The Kier molecular flexibility index (Phi) is 5.19. The number of alkyl halides is 3. The molecule has 2 aliphatic rings. The second-order valence-electron chi connectivity index (χ2n) is 7.55. The first-order valence-corrected chi connectivity index (χ1v) is 10.4. The molecule has 0 spiro atoms. The largest absolute Gasteiger partial charge is 0.409 e. The van der Waals surface area contributed by atoms with Gasteiger partial charge in [0.2, 0.25) is 11.8 Å². The van der Waals surface area contributed by atoms with Crippen molar-refractivity contribution in [2.24, 2.45) is 0 Å². The number of rotatable bonds is 3. The van der Waals surface area contributed by atoms with Crippen LogP contribution in [0.15, 0.2) is 41.1 Å². The molecule has 12 heteroatoms. The number of halogens is 3. The summed E-state index contributed by atoms with van der Waals surface area (Å²) in [5, 5.41) is 8.23. The van der Waals surface area contributed by atoms with Crippen LogP contribution in [-0.4, -0.2) is 47.4 Å². The minimum Gasteiger partial charge on any atom is -0.324 e. The number of fused-ring (bicyclic) bond motifs is 1. The number of anilines is 2. The SMILES string of the molecule is CC1(c2ccsc2)NC(=O)N(CC(=O)N2c3ccccc3NC(=O)CC2C(F)(F)F)C1=O. The van der Waals surface area contributed by atoms with E-state index < -0.39 is 54.5 Å². The molecule has 4 rings (SSSR count). The van der Waals surface area contributed by atoms with Crippen LogP contribution in [0.25, 0.3) is 0 Å². The third kappa shape index (κ3) is 3.60. The molecule has 2 atom stereocenters. The molecule has 168 valence electrons. The smallest absolute Gasteiger partial charge is 0.324 e. The molecule has 2 N–H and O–H groups in total. The van der Waals surface area contributed by atoms with Crippen LogP contribution in [0.3, 0.4) is 0 Å². The summed E-state index contributed by atoms with van der Waals surface area (Å²) >= 11 is 1.30. The molecule has 2 aliphatic heterocycles. The van der Waals surface area contributed by atoms with E-state index in [1.165, 1.54) is 42.5 Å². The lowest BCUT2D eigenvalue weighted by atomic mass is 9.95. The van der Waals surface area contributed by atoms with Crippen LogP contribution < -0.4 is 15.5 Å². The van der Waals surface area contributed by atoms with Gasteiger partial charge in [-0.15, -0.1) is 0 Å². The van der Waals surface area contributed by atoms with Crippen molar-refractivity contribution in [2.75, 3.05) is 16.8 Å². The van der Waals surface area contributed by atoms with Gasteiger partial charge in [-0.3, -0.25) is 24.2 Å². The molecule has 0 bridgehead atoms. The van der Waals surface area contributed by atoms with Gasteiger partial charge in [0.05, 0.1) is 17.8 Å². The van der Waals surface area contributed by atoms with Gasteiger partial charge < -0.3 is 10.6 Å². The predicted molar refractivity (Wildman–Crippen MR) is 109 cm³/mol. The van der Waals surface area contributed by atoms with Gasteiger partial charge in [-0.25, -0.2) is 4.79 Å². The molecule has 0 aliphatic carbocycles. The van der Waals surface area contributed by atoms with E-state index in [1.807, 2.05) is 0 Å². The number of urea groups is 1. The van der Waals surface area contributed by atoms with Gasteiger partial charge in [0, 0.05) is 0 Å². The lowest BCUT2D eigenvalue weighted by Crippen LogP contribution is -2.53. The van der Waals surface area contributed by atoms with E-state index in [2.05, 4.69) is 10.6 Å². The molecule has 1 aromatic carbocycles. The first-order chi connectivity index (χ1) is 15.0. The second kappa shape index (κ2) is 7.62. The molecule has 5 amide bonds. The molecule has 8 nitrogen and oxygen atoms in total. The van der Waals surface area contributed by atoms with Gasteiger partial charge in [0.15, 0.2) is 0 Å². The van der Waals surface area contributed by atoms with Crippen molar-refractivity contribution in [1.82, 2.24) is 10.2 Å². The Morgan fingerprint density at radius 2 is 1.94 bits per heavy atom. The molecule has 0 radical (unpaired) electrons. The first-order valence-electron chi connectivity index (χ1n) is 9.47. The fraction of sp³-hybridized carbons (Fsp3) is 0.300. The highest BCUT2D eigenvalue weighted by atomic mass is 32.1. The number of thiophene rings is 1. The van der Waals surface area contributed by atoms with Gasteiger partial charge in [-0.2, -0.15) is 24.5 Å². The van der Waals surface area contributed by atoms with Gasteiger partial charge >= 0.3 is 12.2 Å². The van der Waals surface area contributed by atoms with E-state index in [1.54, 1.807) is 16.8 Å². The highest BCUT2D eigenvalue weighted by Crippen LogP contribution is 2.38. The fourth-order valence-corrected chi connectivity index (χ4v) is 4.56. The van der Waals surface area contributed by atoms with Crippen molar-refractivity contribution < 1.29 is 32.3 Å². The molecule has 2 aromatic rings. The number of imide groups is 1. The molecule has 2 unspecified atom stereocenters. The normalized spacial score (nSPS) is 23.5. The minimum atomic E-state index is -4.92. The van der Waals surface area contributed by atoms with Crippen molar-refractivity contribution in [3.63, 3.8) is 0 Å². The molecule has 0 saturated carbocycles. The number of benzene rings is 1. The number of nitrogens with one attached hydrogen (secondary N) is 2. The average molecular weight is 466 g/mol. The summed E-state index contributed by atoms with van der Waals surface area (Å²) in [6.07, 6.45) is -5.94. The number of para-hydroxylation sites is 2. The summed E-state index contributed by atoms with van der Waals surface area (Å²) in [7, 11) is 0. The third-order valence-corrected chi connectivity index (χ3v) is 6.12. The summed E-state index contributed by atoms with van der Waals surface area (Å²) < 4.78 is 41.5. The zero-order valence-corrected chi connectivity index (χ0v) is 17.4. The number of amides is 5. The number of hydrogen-bond donors (Lipinski definition) is 2. The lowest BCUT2D eigenvalue weighted by Gasteiger charge is -2.32. The van der Waals surface area contributed by atoms with E-state index >= 15 is 0 Å². The summed E-state index contributed by atoms with van der Waals surface area (Å²) in [6.45, 7) is 0.543. The van der Waals surface area contributed by atoms with Crippen molar-refractivity contribution >= 4 is 46.5 Å². The number of carbonyl (C=O) groups is 4. The summed E-state index contributed by atoms with van der Waals surface area (Å²) in [5.41, 5.74) is -1.08. The van der Waals surface area contributed by atoms with Crippen LogP contribution in [-0.2, 0) is 19.9 Å². The monoisotopic (exact) mass is 466 g/mol. The number of hydrogen-bond acceptors (Lipinski definition) is 5. The maximum atomic E-state index is 13.8. The minimum absolute atomic E-state index is 0.0258. The van der Waals surface area contributed by atoms with Crippen molar-refractivity contribution in [1.29, 1.82) is 0 Å². The van der Waals surface area contributed by atoms with E-state index in [0.29, 0.717) is 15.4 Å². The molecular weight excluding hydrogens is 449 g/mol. The van der Waals surface area contributed by atoms with Crippen molar-refractivity contribution in [3.05, 3.63) is 46.7 Å². The Labute approximate surface area is 184 Å². The van der Waals surface area contributed by atoms with Crippen LogP contribution in [0.5, 0.6) is 0 Å². The standard InChI is InChI=1S/C20H17F3N4O4S/c1-19(11-6-7-32-10-11)17(30)26(18(31)25-19)9-16(29)27-13-5-3-2-4-12(13)24-15(28)8-14(27)20(21,22)23/h2-7,10,14H,8-9H2,1H3,(H,24,28)(H,25,31). The maximum Gasteiger partial charge on any atom is 0.409 e. The molecule has 1 fully saturated rings.